The van der Waals surface area contributed by atoms with Crippen LogP contribution in [0.25, 0.3) is 0 Å². The Balaban J connectivity index is 2.71. The Morgan fingerprint density at radius 1 is 1.15 bits per heavy atom. The summed E-state index contributed by atoms with van der Waals surface area (Å²) in [5.41, 5.74) is 0. The fourth-order valence-corrected chi connectivity index (χ4v) is 1.73. The minimum Gasteiger partial charge on any atom is -0.481 e. The van der Waals surface area contributed by atoms with Crippen molar-refractivity contribution >= 4 is 11.9 Å². The van der Waals surface area contributed by atoms with E-state index in [-0.39, 0.29) is 6.10 Å². The van der Waals surface area contributed by atoms with E-state index in [1.807, 2.05) is 0 Å². The summed E-state index contributed by atoms with van der Waals surface area (Å²) in [6.45, 7) is 0. The second-order valence-corrected chi connectivity index (χ2v) is 3.22. The summed E-state index contributed by atoms with van der Waals surface area (Å²) in [6.07, 6.45) is 0.355. The van der Waals surface area contributed by atoms with Crippen LogP contribution in [0, 0.1) is 11.8 Å². The first-order valence-electron chi connectivity index (χ1n) is 4.04. The zero-order valence-corrected chi connectivity index (χ0v) is 7.27. The van der Waals surface area contributed by atoms with Gasteiger partial charge in [0.2, 0.25) is 0 Å². The molecule has 5 nitrogen and oxygen atoms in total. The third kappa shape index (κ3) is 1.98. The van der Waals surface area contributed by atoms with Crippen molar-refractivity contribution in [1.29, 1.82) is 0 Å². The Kier molecular flexibility index (Phi) is 2.87. The maximum absolute atomic E-state index is 10.7. The Morgan fingerprint density at radius 3 is 1.77 bits per heavy atom. The normalized spacial score (nSPS) is 29.0. The van der Waals surface area contributed by atoms with Gasteiger partial charge in [-0.05, 0) is 12.8 Å². The smallest absolute Gasteiger partial charge is 0.307 e. The molecule has 0 saturated heterocycles. The number of methoxy groups -OCH3 is 1. The molecule has 0 aromatic rings. The molecule has 74 valence electrons. The summed E-state index contributed by atoms with van der Waals surface area (Å²) in [7, 11) is 1.47. The van der Waals surface area contributed by atoms with E-state index in [1.165, 1.54) is 7.11 Å². The lowest BCUT2D eigenvalue weighted by Gasteiger charge is -2.08. The maximum Gasteiger partial charge on any atom is 0.307 e. The molecule has 1 rings (SSSR count). The highest BCUT2D eigenvalue weighted by atomic mass is 16.5. The van der Waals surface area contributed by atoms with Crippen LogP contribution in [0.1, 0.15) is 12.8 Å². The zero-order chi connectivity index (χ0) is 10.0. The van der Waals surface area contributed by atoms with Crippen molar-refractivity contribution in [3.63, 3.8) is 0 Å². The Bertz CT molecular complexity index is 203. The van der Waals surface area contributed by atoms with Gasteiger partial charge in [0.1, 0.15) is 0 Å². The molecule has 2 N–H and O–H groups in total. The highest BCUT2D eigenvalue weighted by molar-refractivity contribution is 5.80. The van der Waals surface area contributed by atoms with E-state index in [0.29, 0.717) is 12.8 Å². The SMILES string of the molecule is COC1C[C@@H](C(=O)O)[C@H](C(=O)O)C1. The lowest BCUT2D eigenvalue weighted by molar-refractivity contribution is -0.152. The molecular weight excluding hydrogens is 176 g/mol. The summed E-state index contributed by atoms with van der Waals surface area (Å²) in [5.74, 6) is -3.70. The van der Waals surface area contributed by atoms with Crippen molar-refractivity contribution in [1.82, 2.24) is 0 Å². The van der Waals surface area contributed by atoms with E-state index in [2.05, 4.69) is 0 Å². The van der Waals surface area contributed by atoms with Gasteiger partial charge >= 0.3 is 11.9 Å². The lowest BCUT2D eigenvalue weighted by atomic mass is 9.97. The molecular formula is C8H12O5. The summed E-state index contributed by atoms with van der Waals surface area (Å²) in [6, 6.07) is 0. The number of ether oxygens (including phenoxy) is 1. The van der Waals surface area contributed by atoms with Crippen molar-refractivity contribution in [2.45, 2.75) is 18.9 Å². The molecule has 1 aliphatic carbocycles. The van der Waals surface area contributed by atoms with Gasteiger partial charge in [-0.3, -0.25) is 9.59 Å². The lowest BCUT2D eigenvalue weighted by Crippen LogP contribution is -2.24. The first-order valence-corrected chi connectivity index (χ1v) is 4.04. The molecule has 0 aromatic heterocycles. The Morgan fingerprint density at radius 2 is 1.54 bits per heavy atom. The molecule has 0 amide bonds. The van der Waals surface area contributed by atoms with Crippen LogP contribution in [0.15, 0.2) is 0 Å². The third-order valence-electron chi connectivity index (χ3n) is 2.49. The number of hydrogen-bond donors (Lipinski definition) is 2. The summed E-state index contributed by atoms with van der Waals surface area (Å²) >= 11 is 0. The molecule has 0 heterocycles. The first-order chi connectivity index (χ1) is 6.06. The molecule has 1 aliphatic rings. The molecule has 2 atom stereocenters. The van der Waals surface area contributed by atoms with Crippen LogP contribution in [0.5, 0.6) is 0 Å². The third-order valence-corrected chi connectivity index (χ3v) is 2.49. The molecule has 0 bridgehead atoms. The van der Waals surface area contributed by atoms with Gasteiger partial charge < -0.3 is 14.9 Å². The van der Waals surface area contributed by atoms with Crippen LogP contribution >= 0.6 is 0 Å². The highest BCUT2D eigenvalue weighted by Gasteiger charge is 2.43. The monoisotopic (exact) mass is 188 g/mol. The van der Waals surface area contributed by atoms with Crippen LogP contribution in [0.2, 0.25) is 0 Å². The molecule has 0 radical (unpaired) electrons. The van der Waals surface area contributed by atoms with E-state index in [0.717, 1.165) is 0 Å². The van der Waals surface area contributed by atoms with Crippen LogP contribution < -0.4 is 0 Å². The fourth-order valence-electron chi connectivity index (χ4n) is 1.73. The molecule has 0 aliphatic heterocycles. The highest BCUT2D eigenvalue weighted by Crippen LogP contribution is 2.33. The predicted molar refractivity (Wildman–Crippen MR) is 42.3 cm³/mol. The summed E-state index contributed by atoms with van der Waals surface area (Å²) in [5, 5.41) is 17.5. The van der Waals surface area contributed by atoms with Crippen molar-refractivity contribution < 1.29 is 24.5 Å². The molecule has 0 unspecified atom stereocenters. The predicted octanol–water partition coefficient (Wildman–Crippen LogP) is 0.197. The average molecular weight is 188 g/mol. The second-order valence-electron chi connectivity index (χ2n) is 3.22. The number of carboxylic acid groups (broad SMARTS) is 2. The van der Waals surface area contributed by atoms with Gasteiger partial charge in [-0.1, -0.05) is 0 Å². The van der Waals surface area contributed by atoms with Gasteiger partial charge in [0.15, 0.2) is 0 Å². The van der Waals surface area contributed by atoms with Crippen molar-refractivity contribution in [3.8, 4) is 0 Å². The molecule has 0 spiro atoms. The van der Waals surface area contributed by atoms with Gasteiger partial charge in [-0.2, -0.15) is 0 Å². The largest absolute Gasteiger partial charge is 0.481 e. The number of carboxylic acids is 2. The van der Waals surface area contributed by atoms with Crippen molar-refractivity contribution in [2.75, 3.05) is 7.11 Å². The second kappa shape index (κ2) is 3.74. The quantitative estimate of drug-likeness (QED) is 0.660. The van der Waals surface area contributed by atoms with Crippen LogP contribution in [0.3, 0.4) is 0 Å². The Labute approximate surface area is 75.3 Å². The molecule has 1 saturated carbocycles. The van der Waals surface area contributed by atoms with Gasteiger partial charge in [0, 0.05) is 7.11 Å². The van der Waals surface area contributed by atoms with E-state index in [1.54, 1.807) is 0 Å². The van der Waals surface area contributed by atoms with Crippen LogP contribution in [-0.4, -0.2) is 35.4 Å². The number of carbonyl (C=O) groups is 2. The van der Waals surface area contributed by atoms with Gasteiger partial charge in [-0.25, -0.2) is 0 Å². The maximum atomic E-state index is 10.7. The van der Waals surface area contributed by atoms with Crippen LogP contribution in [-0.2, 0) is 14.3 Å². The van der Waals surface area contributed by atoms with Crippen LogP contribution in [0.4, 0.5) is 0 Å². The summed E-state index contributed by atoms with van der Waals surface area (Å²) in [4.78, 5) is 21.3. The first kappa shape index (κ1) is 9.98. The van der Waals surface area contributed by atoms with Gasteiger partial charge in [0.25, 0.3) is 0 Å². The van der Waals surface area contributed by atoms with E-state index >= 15 is 0 Å². The van der Waals surface area contributed by atoms with E-state index in [4.69, 9.17) is 14.9 Å². The van der Waals surface area contributed by atoms with Gasteiger partial charge in [0.05, 0.1) is 17.9 Å². The van der Waals surface area contributed by atoms with Crippen molar-refractivity contribution in [3.05, 3.63) is 0 Å². The average Bonchev–Trinajstić information content (AvgIpc) is 2.47. The molecule has 13 heavy (non-hydrogen) atoms. The zero-order valence-electron chi connectivity index (χ0n) is 7.27. The topological polar surface area (TPSA) is 83.8 Å². The molecule has 5 heteroatoms. The summed E-state index contributed by atoms with van der Waals surface area (Å²) < 4.78 is 4.95. The number of aliphatic carboxylic acids is 2. The van der Waals surface area contributed by atoms with Crippen molar-refractivity contribution in [2.24, 2.45) is 11.8 Å². The van der Waals surface area contributed by atoms with E-state index < -0.39 is 23.8 Å². The molecule has 1 fully saturated rings. The number of rotatable bonds is 3. The Hall–Kier alpha value is -1.10. The van der Waals surface area contributed by atoms with Gasteiger partial charge in [-0.15, -0.1) is 0 Å². The number of hydrogen-bond acceptors (Lipinski definition) is 3. The minimum atomic E-state index is -1.05. The van der Waals surface area contributed by atoms with E-state index in [9.17, 15) is 9.59 Å². The minimum absolute atomic E-state index is 0.234. The fraction of sp³-hybridized carbons (Fsp3) is 0.750. The standard InChI is InChI=1S/C8H12O5/c1-13-4-2-5(7(9)10)6(3-4)8(11)12/h4-6H,2-3H2,1H3,(H,9,10)(H,11,12)/t5-,6-/m1/s1. The molecule has 0 aromatic carbocycles.